The van der Waals surface area contributed by atoms with E-state index in [0.29, 0.717) is 5.52 Å². The van der Waals surface area contributed by atoms with E-state index in [0.717, 1.165) is 12.8 Å². The monoisotopic (exact) mass is 322 g/mol. The van der Waals surface area contributed by atoms with E-state index in [2.05, 4.69) is 0 Å². The molecule has 0 amide bonds. The van der Waals surface area contributed by atoms with Crippen molar-refractivity contribution >= 4 is 40.1 Å². The molecule has 1 aromatic carbocycles. The number of carboxylic acid groups (broad SMARTS) is 1. The standard InChI is InChI=1S/C14H8Cl2N2O3/c15-10-3-7-12(8(4-17)11(10)16)18(6-1-2-6)5-9(13(7)19)14(20)21/h3,5-6H,1-2H2,(H,20,21). The summed E-state index contributed by atoms with van der Waals surface area (Å²) in [6.45, 7) is 0. The van der Waals surface area contributed by atoms with Crippen LogP contribution in [0.25, 0.3) is 10.9 Å². The minimum absolute atomic E-state index is 0.0581. The fourth-order valence-electron chi connectivity index (χ4n) is 2.36. The van der Waals surface area contributed by atoms with Gasteiger partial charge in [-0.15, -0.1) is 0 Å². The summed E-state index contributed by atoms with van der Waals surface area (Å²) in [6.07, 6.45) is 3.01. The largest absolute Gasteiger partial charge is 0.477 e. The van der Waals surface area contributed by atoms with Crippen LogP contribution in [0.1, 0.15) is 34.8 Å². The zero-order valence-corrected chi connectivity index (χ0v) is 12.1. The number of hydrogen-bond acceptors (Lipinski definition) is 3. The van der Waals surface area contributed by atoms with E-state index >= 15 is 0 Å². The molecule has 0 bridgehead atoms. The first-order valence-electron chi connectivity index (χ1n) is 6.16. The first-order valence-corrected chi connectivity index (χ1v) is 6.91. The van der Waals surface area contributed by atoms with Gasteiger partial charge in [0.15, 0.2) is 0 Å². The maximum atomic E-state index is 12.3. The number of hydrogen-bond donors (Lipinski definition) is 1. The van der Waals surface area contributed by atoms with Gasteiger partial charge in [-0.3, -0.25) is 4.79 Å². The fraction of sp³-hybridized carbons (Fsp3) is 0.214. The Labute approximate surface area is 128 Å². The van der Waals surface area contributed by atoms with Crippen molar-refractivity contribution in [2.24, 2.45) is 0 Å². The summed E-state index contributed by atoms with van der Waals surface area (Å²) in [5.41, 5.74) is -0.550. The zero-order chi connectivity index (χ0) is 15.3. The topological polar surface area (TPSA) is 83.1 Å². The Balaban J connectivity index is 2.56. The molecule has 0 unspecified atom stereocenters. The third-order valence-electron chi connectivity index (χ3n) is 3.49. The normalized spacial score (nSPS) is 14.1. The van der Waals surface area contributed by atoms with Gasteiger partial charge in [-0.25, -0.2) is 4.79 Å². The van der Waals surface area contributed by atoms with Crippen LogP contribution < -0.4 is 5.43 Å². The van der Waals surface area contributed by atoms with Crippen LogP contribution in [-0.4, -0.2) is 15.6 Å². The summed E-state index contributed by atoms with van der Waals surface area (Å²) in [5, 5.41) is 18.7. The molecular weight excluding hydrogens is 315 g/mol. The van der Waals surface area contributed by atoms with E-state index < -0.39 is 11.4 Å². The van der Waals surface area contributed by atoms with Crippen molar-refractivity contribution in [1.82, 2.24) is 4.57 Å². The molecule has 106 valence electrons. The third kappa shape index (κ3) is 2.08. The van der Waals surface area contributed by atoms with E-state index in [1.54, 1.807) is 4.57 Å². The number of benzene rings is 1. The summed E-state index contributed by atoms with van der Waals surface area (Å²) in [7, 11) is 0. The summed E-state index contributed by atoms with van der Waals surface area (Å²) in [6, 6.07) is 3.36. The van der Waals surface area contributed by atoms with Crippen molar-refractivity contribution in [3.8, 4) is 6.07 Å². The number of rotatable bonds is 2. The van der Waals surface area contributed by atoms with Gasteiger partial charge in [-0.2, -0.15) is 5.26 Å². The molecule has 0 atom stereocenters. The molecule has 3 rings (SSSR count). The molecule has 1 heterocycles. The van der Waals surface area contributed by atoms with Crippen LogP contribution in [0.3, 0.4) is 0 Å². The van der Waals surface area contributed by atoms with Gasteiger partial charge in [-0.05, 0) is 18.9 Å². The molecule has 0 spiro atoms. The summed E-state index contributed by atoms with van der Waals surface area (Å²) in [4.78, 5) is 23.5. The first kappa shape index (κ1) is 13.9. The second-order valence-corrected chi connectivity index (χ2v) is 5.66. The van der Waals surface area contributed by atoms with E-state index in [-0.39, 0.29) is 32.6 Å². The van der Waals surface area contributed by atoms with Gasteiger partial charge in [0.25, 0.3) is 0 Å². The second kappa shape index (κ2) is 4.76. The van der Waals surface area contributed by atoms with Crippen LogP contribution >= 0.6 is 23.2 Å². The maximum Gasteiger partial charge on any atom is 0.341 e. The van der Waals surface area contributed by atoms with Crippen LogP contribution in [0.2, 0.25) is 10.0 Å². The molecule has 2 aromatic rings. The SMILES string of the molecule is N#Cc1c(Cl)c(Cl)cc2c(=O)c(C(=O)O)cn(C3CC3)c12. The van der Waals surface area contributed by atoms with Crippen LogP contribution in [-0.2, 0) is 0 Å². The van der Waals surface area contributed by atoms with E-state index in [9.17, 15) is 14.9 Å². The molecule has 0 aliphatic heterocycles. The minimum atomic E-state index is -1.30. The van der Waals surface area contributed by atoms with E-state index in [1.165, 1.54) is 12.3 Å². The number of fused-ring (bicyclic) bond motifs is 1. The van der Waals surface area contributed by atoms with E-state index in [1.807, 2.05) is 6.07 Å². The van der Waals surface area contributed by atoms with Crippen molar-refractivity contribution in [3.05, 3.63) is 43.7 Å². The molecule has 1 fully saturated rings. The lowest BCUT2D eigenvalue weighted by atomic mass is 10.1. The first-order chi connectivity index (χ1) is 9.95. The van der Waals surface area contributed by atoms with Crippen LogP contribution in [0.15, 0.2) is 17.1 Å². The molecule has 1 aromatic heterocycles. The van der Waals surface area contributed by atoms with Crippen molar-refractivity contribution < 1.29 is 9.90 Å². The van der Waals surface area contributed by atoms with Gasteiger partial charge in [0.1, 0.15) is 11.6 Å². The Hall–Kier alpha value is -2.03. The Morgan fingerprint density at radius 3 is 2.62 bits per heavy atom. The average molecular weight is 323 g/mol. The van der Waals surface area contributed by atoms with Gasteiger partial charge in [0.2, 0.25) is 5.43 Å². The predicted octanol–water partition coefficient (Wildman–Crippen LogP) is 3.21. The van der Waals surface area contributed by atoms with Crippen LogP contribution in [0.5, 0.6) is 0 Å². The zero-order valence-electron chi connectivity index (χ0n) is 10.6. The smallest absolute Gasteiger partial charge is 0.341 e. The lowest BCUT2D eigenvalue weighted by Gasteiger charge is -2.14. The Morgan fingerprint density at radius 1 is 1.43 bits per heavy atom. The van der Waals surface area contributed by atoms with Crippen molar-refractivity contribution in [2.75, 3.05) is 0 Å². The van der Waals surface area contributed by atoms with Gasteiger partial charge in [0.05, 0.1) is 21.1 Å². The van der Waals surface area contributed by atoms with Crippen LogP contribution in [0.4, 0.5) is 0 Å². The Kier molecular flexibility index (Phi) is 3.16. The van der Waals surface area contributed by atoms with Crippen molar-refractivity contribution in [3.63, 3.8) is 0 Å². The number of halogens is 2. The highest BCUT2D eigenvalue weighted by Crippen LogP contribution is 2.40. The molecule has 7 heteroatoms. The Bertz CT molecular complexity index is 892. The second-order valence-electron chi connectivity index (χ2n) is 4.87. The molecular formula is C14H8Cl2N2O3. The highest BCUT2D eigenvalue weighted by Gasteiger charge is 2.29. The number of nitrogens with zero attached hydrogens (tertiary/aromatic N) is 2. The van der Waals surface area contributed by atoms with E-state index in [4.69, 9.17) is 28.3 Å². The summed E-state index contributed by atoms with van der Waals surface area (Å²) in [5.74, 6) is -1.30. The number of pyridine rings is 1. The molecule has 1 saturated carbocycles. The summed E-state index contributed by atoms with van der Waals surface area (Å²) < 4.78 is 1.65. The number of nitriles is 1. The molecule has 5 nitrogen and oxygen atoms in total. The predicted molar refractivity (Wildman–Crippen MR) is 78.2 cm³/mol. The molecule has 0 radical (unpaired) electrons. The molecule has 1 aliphatic carbocycles. The molecule has 0 saturated heterocycles. The average Bonchev–Trinajstić information content (AvgIpc) is 3.26. The van der Waals surface area contributed by atoms with Gasteiger partial charge in [0, 0.05) is 17.6 Å². The summed E-state index contributed by atoms with van der Waals surface area (Å²) >= 11 is 12.0. The Morgan fingerprint density at radius 2 is 2.10 bits per heavy atom. The lowest BCUT2D eigenvalue weighted by Crippen LogP contribution is -2.19. The number of aromatic carboxylic acids is 1. The van der Waals surface area contributed by atoms with Gasteiger partial charge >= 0.3 is 5.97 Å². The number of carboxylic acids is 1. The van der Waals surface area contributed by atoms with Crippen molar-refractivity contribution in [2.45, 2.75) is 18.9 Å². The maximum absolute atomic E-state index is 12.3. The molecule has 1 aliphatic rings. The highest BCUT2D eigenvalue weighted by molar-refractivity contribution is 6.43. The highest BCUT2D eigenvalue weighted by atomic mass is 35.5. The fourth-order valence-corrected chi connectivity index (χ4v) is 2.75. The quantitative estimate of drug-likeness (QED) is 0.920. The number of carbonyl (C=O) groups is 1. The third-order valence-corrected chi connectivity index (χ3v) is 4.28. The molecule has 1 N–H and O–H groups in total. The van der Waals surface area contributed by atoms with Crippen LogP contribution in [0, 0.1) is 11.3 Å². The van der Waals surface area contributed by atoms with Crippen molar-refractivity contribution in [1.29, 1.82) is 5.26 Å². The number of aromatic nitrogens is 1. The van der Waals surface area contributed by atoms with Gasteiger partial charge in [-0.1, -0.05) is 23.2 Å². The van der Waals surface area contributed by atoms with Gasteiger partial charge < -0.3 is 9.67 Å². The minimum Gasteiger partial charge on any atom is -0.477 e. The lowest BCUT2D eigenvalue weighted by molar-refractivity contribution is 0.0695. The molecule has 21 heavy (non-hydrogen) atoms.